The molecule has 25 heavy (non-hydrogen) atoms. The van der Waals surface area contributed by atoms with Gasteiger partial charge in [0.1, 0.15) is 11.3 Å². The van der Waals surface area contributed by atoms with E-state index in [1.165, 1.54) is 30.5 Å². The number of rotatable bonds is 5. The van der Waals surface area contributed by atoms with Gasteiger partial charge in [-0.25, -0.2) is 5.43 Å². The van der Waals surface area contributed by atoms with Gasteiger partial charge in [0.05, 0.1) is 18.2 Å². The van der Waals surface area contributed by atoms with Crippen LogP contribution in [0.2, 0.25) is 0 Å². The molecular formula is C17H13N3O5. The molecule has 0 aliphatic heterocycles. The summed E-state index contributed by atoms with van der Waals surface area (Å²) in [5, 5.41) is 15.1. The number of methoxy groups -OCH3 is 1. The van der Waals surface area contributed by atoms with E-state index < -0.39 is 10.8 Å². The molecule has 1 amide bonds. The SMILES string of the molecule is COc1ccccc1/C=N/NC(=O)c1cc2cc([N+](=O)[O-])ccc2o1. The largest absolute Gasteiger partial charge is 0.496 e. The van der Waals surface area contributed by atoms with Crippen LogP contribution < -0.4 is 10.2 Å². The van der Waals surface area contributed by atoms with Crippen LogP contribution in [0.15, 0.2) is 58.0 Å². The molecule has 0 aliphatic carbocycles. The lowest BCUT2D eigenvalue weighted by atomic mass is 10.2. The molecule has 0 atom stereocenters. The van der Waals surface area contributed by atoms with Crippen LogP contribution in [0, 0.1) is 10.1 Å². The van der Waals surface area contributed by atoms with E-state index >= 15 is 0 Å². The first-order valence-corrected chi connectivity index (χ1v) is 7.23. The molecule has 126 valence electrons. The summed E-state index contributed by atoms with van der Waals surface area (Å²) in [4.78, 5) is 22.4. The lowest BCUT2D eigenvalue weighted by molar-refractivity contribution is -0.384. The molecule has 0 radical (unpaired) electrons. The number of fused-ring (bicyclic) bond motifs is 1. The van der Waals surface area contributed by atoms with Crippen LogP contribution in [0.5, 0.6) is 5.75 Å². The first-order chi connectivity index (χ1) is 12.1. The number of hydrogen-bond acceptors (Lipinski definition) is 6. The van der Waals surface area contributed by atoms with Crippen LogP contribution >= 0.6 is 0 Å². The standard InChI is InChI=1S/C17H13N3O5/c1-24-14-5-3-2-4-11(14)10-18-19-17(21)16-9-12-8-13(20(22)23)6-7-15(12)25-16/h2-10H,1H3,(H,19,21)/b18-10+. The van der Waals surface area contributed by atoms with Crippen LogP contribution in [0.3, 0.4) is 0 Å². The Hall–Kier alpha value is -3.68. The van der Waals surface area contributed by atoms with Gasteiger partial charge in [0.25, 0.3) is 5.69 Å². The monoisotopic (exact) mass is 339 g/mol. The molecule has 1 N–H and O–H groups in total. The highest BCUT2D eigenvalue weighted by molar-refractivity contribution is 5.97. The maximum atomic E-state index is 12.1. The average Bonchev–Trinajstić information content (AvgIpc) is 3.05. The van der Waals surface area contributed by atoms with Gasteiger partial charge >= 0.3 is 5.91 Å². The van der Waals surface area contributed by atoms with Crippen molar-refractivity contribution in [1.82, 2.24) is 5.43 Å². The fraction of sp³-hybridized carbons (Fsp3) is 0.0588. The zero-order valence-corrected chi connectivity index (χ0v) is 13.1. The molecular weight excluding hydrogens is 326 g/mol. The van der Waals surface area contributed by atoms with E-state index in [9.17, 15) is 14.9 Å². The molecule has 0 bridgehead atoms. The van der Waals surface area contributed by atoms with Crippen LogP contribution in [0.25, 0.3) is 11.0 Å². The van der Waals surface area contributed by atoms with Crippen molar-refractivity contribution >= 4 is 28.8 Å². The summed E-state index contributed by atoms with van der Waals surface area (Å²) in [6.07, 6.45) is 1.45. The summed E-state index contributed by atoms with van der Waals surface area (Å²) in [5.41, 5.74) is 3.35. The Bertz CT molecular complexity index is 977. The van der Waals surface area contributed by atoms with Crippen molar-refractivity contribution < 1.29 is 18.9 Å². The minimum atomic E-state index is -0.565. The number of para-hydroxylation sites is 1. The molecule has 3 aromatic rings. The number of ether oxygens (including phenoxy) is 1. The van der Waals surface area contributed by atoms with Gasteiger partial charge in [-0.15, -0.1) is 0 Å². The van der Waals surface area contributed by atoms with E-state index in [-0.39, 0.29) is 11.4 Å². The van der Waals surface area contributed by atoms with Gasteiger partial charge in [-0.2, -0.15) is 5.10 Å². The predicted octanol–water partition coefficient (Wildman–Crippen LogP) is 3.11. The van der Waals surface area contributed by atoms with Crippen molar-refractivity contribution in [3.8, 4) is 5.75 Å². The van der Waals surface area contributed by atoms with Gasteiger partial charge in [-0.05, 0) is 24.3 Å². The van der Waals surface area contributed by atoms with Crippen LogP contribution in [-0.2, 0) is 0 Å². The second-order valence-electron chi connectivity index (χ2n) is 5.03. The number of carbonyl (C=O) groups excluding carboxylic acids is 1. The predicted molar refractivity (Wildman–Crippen MR) is 90.9 cm³/mol. The van der Waals surface area contributed by atoms with Crippen LogP contribution in [-0.4, -0.2) is 24.2 Å². The quantitative estimate of drug-likeness (QED) is 0.436. The maximum Gasteiger partial charge on any atom is 0.307 e. The topological polar surface area (TPSA) is 107 Å². The van der Waals surface area contributed by atoms with Gasteiger partial charge in [0.15, 0.2) is 5.76 Å². The number of hydrazone groups is 1. The van der Waals surface area contributed by atoms with Gasteiger partial charge in [0, 0.05) is 23.1 Å². The van der Waals surface area contributed by atoms with Crippen molar-refractivity contribution in [2.75, 3.05) is 7.11 Å². The second kappa shape index (κ2) is 6.83. The summed E-state index contributed by atoms with van der Waals surface area (Å²) in [7, 11) is 1.54. The first-order valence-electron chi connectivity index (χ1n) is 7.23. The Balaban J connectivity index is 1.76. The lowest BCUT2D eigenvalue weighted by Gasteiger charge is -2.02. The summed E-state index contributed by atoms with van der Waals surface area (Å²) in [6.45, 7) is 0. The van der Waals surface area contributed by atoms with Gasteiger partial charge in [-0.3, -0.25) is 14.9 Å². The number of non-ortho nitro benzene ring substituents is 1. The third kappa shape index (κ3) is 3.47. The van der Waals surface area contributed by atoms with Gasteiger partial charge < -0.3 is 9.15 Å². The van der Waals surface area contributed by atoms with Crippen LogP contribution in [0.1, 0.15) is 16.1 Å². The zero-order chi connectivity index (χ0) is 17.8. The highest BCUT2D eigenvalue weighted by Gasteiger charge is 2.14. The molecule has 0 spiro atoms. The third-order valence-corrected chi connectivity index (χ3v) is 3.44. The number of furan rings is 1. The first kappa shape index (κ1) is 16.2. The highest BCUT2D eigenvalue weighted by Crippen LogP contribution is 2.24. The zero-order valence-electron chi connectivity index (χ0n) is 13.1. The fourth-order valence-corrected chi connectivity index (χ4v) is 2.24. The Morgan fingerprint density at radius 3 is 2.84 bits per heavy atom. The molecule has 8 nitrogen and oxygen atoms in total. The smallest absolute Gasteiger partial charge is 0.307 e. The second-order valence-corrected chi connectivity index (χ2v) is 5.03. The molecule has 0 unspecified atom stereocenters. The average molecular weight is 339 g/mol. The number of nitrogens with zero attached hydrogens (tertiary/aromatic N) is 2. The molecule has 0 saturated heterocycles. The van der Waals surface area contributed by atoms with Crippen molar-refractivity contribution in [3.63, 3.8) is 0 Å². The van der Waals surface area contributed by atoms with E-state index in [4.69, 9.17) is 9.15 Å². The van der Waals surface area contributed by atoms with Crippen molar-refractivity contribution in [3.05, 3.63) is 70.0 Å². The maximum absolute atomic E-state index is 12.1. The minimum Gasteiger partial charge on any atom is -0.496 e. The minimum absolute atomic E-state index is 0.00711. The molecule has 1 heterocycles. The number of benzene rings is 2. The summed E-state index contributed by atoms with van der Waals surface area (Å²) >= 11 is 0. The van der Waals surface area contributed by atoms with E-state index in [0.717, 1.165) is 0 Å². The van der Waals surface area contributed by atoms with Crippen LogP contribution in [0.4, 0.5) is 5.69 Å². The Labute approximate surface area is 141 Å². The third-order valence-electron chi connectivity index (χ3n) is 3.44. The van der Waals surface area contributed by atoms with Crippen molar-refractivity contribution in [1.29, 1.82) is 0 Å². The number of nitrogens with one attached hydrogen (secondary N) is 1. The molecule has 8 heteroatoms. The highest BCUT2D eigenvalue weighted by atomic mass is 16.6. The molecule has 0 aliphatic rings. The van der Waals surface area contributed by atoms with Crippen molar-refractivity contribution in [2.45, 2.75) is 0 Å². The number of nitro benzene ring substituents is 1. The molecule has 2 aromatic carbocycles. The van der Waals surface area contributed by atoms with E-state index in [2.05, 4.69) is 10.5 Å². The van der Waals surface area contributed by atoms with E-state index in [1.54, 1.807) is 19.2 Å². The molecule has 3 rings (SSSR count). The number of hydrogen-bond donors (Lipinski definition) is 1. The summed E-state index contributed by atoms with van der Waals surface area (Å²) < 4.78 is 10.6. The summed E-state index contributed by atoms with van der Waals surface area (Å²) in [6, 6.07) is 12.7. The molecule has 0 fully saturated rings. The molecule has 1 aromatic heterocycles. The Morgan fingerprint density at radius 2 is 2.08 bits per heavy atom. The summed E-state index contributed by atoms with van der Waals surface area (Å²) in [5.74, 6) is 0.0641. The van der Waals surface area contributed by atoms with Crippen molar-refractivity contribution in [2.24, 2.45) is 5.10 Å². The van der Waals surface area contributed by atoms with E-state index in [1.807, 2.05) is 12.1 Å². The van der Waals surface area contributed by atoms with Gasteiger partial charge in [0.2, 0.25) is 0 Å². The number of carbonyl (C=O) groups is 1. The van der Waals surface area contributed by atoms with Gasteiger partial charge in [-0.1, -0.05) is 12.1 Å². The Morgan fingerprint density at radius 1 is 1.28 bits per heavy atom. The molecule has 0 saturated carbocycles. The van der Waals surface area contributed by atoms with E-state index in [0.29, 0.717) is 22.3 Å². The Kier molecular flexibility index (Phi) is 4.42. The normalized spacial score (nSPS) is 10.9. The number of amides is 1. The number of nitro groups is 1. The fourth-order valence-electron chi connectivity index (χ4n) is 2.24. The lowest BCUT2D eigenvalue weighted by Crippen LogP contribution is -2.16.